The summed E-state index contributed by atoms with van der Waals surface area (Å²) in [5, 5.41) is 2.01. The molecule has 0 aliphatic carbocycles. The first-order valence-electron chi connectivity index (χ1n) is 8.62. The Balaban J connectivity index is 2.06. The van der Waals surface area contributed by atoms with Gasteiger partial charge in [-0.05, 0) is 52.7 Å². The van der Waals surface area contributed by atoms with E-state index in [2.05, 4.69) is 26.0 Å². The standard InChI is InChI=1S/C15H14BrClFN3O3S2/c1-21-12(15(22)19-8-2-3-10(18)9(17)6-8)7-11(20-26(21,23)24)13-4-5-14(16)25-13/h2-6,11-12,20H,7H2,1H3,(H,19,22)/i7D,11D,12D. The first-order chi connectivity index (χ1) is 13.3. The molecule has 3 unspecified atom stereocenters. The number of thiophene rings is 1. The Morgan fingerprint density at radius 2 is 2.27 bits per heavy atom. The minimum atomic E-state index is -4.47. The van der Waals surface area contributed by atoms with Crippen molar-refractivity contribution in [1.29, 1.82) is 0 Å². The van der Waals surface area contributed by atoms with Gasteiger partial charge in [-0.3, -0.25) is 4.79 Å². The van der Waals surface area contributed by atoms with E-state index in [0.29, 0.717) is 8.09 Å². The number of benzene rings is 1. The molecule has 3 rings (SSSR count). The fourth-order valence-corrected chi connectivity index (χ4v) is 4.73. The number of carbonyl (C=O) groups is 1. The Bertz CT molecular complexity index is 1090. The summed E-state index contributed by atoms with van der Waals surface area (Å²) in [5.74, 6) is -1.90. The maximum absolute atomic E-state index is 13.3. The molecule has 1 saturated heterocycles. The number of likely N-dealkylation sites (N-methyl/N-ethyl adjacent to an activating group) is 1. The predicted molar refractivity (Wildman–Crippen MR) is 103 cm³/mol. The molecule has 6 nitrogen and oxygen atoms in total. The average Bonchev–Trinajstić information content (AvgIpc) is 3.08. The Morgan fingerprint density at radius 3 is 2.88 bits per heavy atom. The third-order valence-corrected chi connectivity index (χ3v) is 6.81. The van der Waals surface area contributed by atoms with Crippen molar-refractivity contribution in [3.05, 3.63) is 49.8 Å². The minimum absolute atomic E-state index is 0.0130. The zero-order valence-corrected chi connectivity index (χ0v) is 17.1. The van der Waals surface area contributed by atoms with E-state index in [0.717, 1.165) is 30.5 Å². The van der Waals surface area contributed by atoms with Crippen LogP contribution in [0, 0.1) is 5.82 Å². The topological polar surface area (TPSA) is 78.5 Å². The van der Waals surface area contributed by atoms with Crippen molar-refractivity contribution in [1.82, 2.24) is 9.03 Å². The van der Waals surface area contributed by atoms with E-state index in [1.807, 2.05) is 0 Å². The molecule has 1 aliphatic rings. The number of anilines is 1. The summed E-state index contributed by atoms with van der Waals surface area (Å²) < 4.78 is 67.4. The molecule has 0 bridgehead atoms. The van der Waals surface area contributed by atoms with E-state index in [4.69, 9.17) is 15.7 Å². The fraction of sp³-hybridized carbons (Fsp3) is 0.267. The molecule has 2 heterocycles. The smallest absolute Gasteiger partial charge is 0.280 e. The second kappa shape index (κ2) is 7.53. The van der Waals surface area contributed by atoms with Crippen LogP contribution in [-0.4, -0.2) is 31.7 Å². The third kappa shape index (κ3) is 4.10. The Labute approximate surface area is 171 Å². The van der Waals surface area contributed by atoms with Gasteiger partial charge in [0, 0.05) is 19.0 Å². The van der Waals surface area contributed by atoms with Gasteiger partial charge in [0.25, 0.3) is 10.2 Å². The normalized spacial score (nSPS) is 33.1. The van der Waals surface area contributed by atoms with Gasteiger partial charge in [-0.2, -0.15) is 17.4 Å². The molecule has 0 radical (unpaired) electrons. The van der Waals surface area contributed by atoms with Gasteiger partial charge in [0.2, 0.25) is 5.91 Å². The second-order valence-corrected chi connectivity index (χ2v) is 9.78. The highest BCUT2D eigenvalue weighted by molar-refractivity contribution is 9.11. The SMILES string of the molecule is [2H]C1C([2H])(c2ccc(Br)s2)NS(=O)(=O)N(C)C1([2H])C(=O)Nc1ccc(F)c(Cl)c1. The van der Waals surface area contributed by atoms with E-state index in [9.17, 15) is 17.6 Å². The van der Waals surface area contributed by atoms with Crippen molar-refractivity contribution in [2.45, 2.75) is 18.4 Å². The number of carbonyl (C=O) groups excluding carboxylic acids is 1. The number of halogens is 3. The van der Waals surface area contributed by atoms with Gasteiger partial charge in [-0.25, -0.2) is 4.39 Å². The molecule has 140 valence electrons. The maximum atomic E-state index is 13.3. The molecule has 1 aromatic heterocycles. The molecule has 1 fully saturated rings. The van der Waals surface area contributed by atoms with Crippen LogP contribution >= 0.6 is 38.9 Å². The summed E-state index contributed by atoms with van der Waals surface area (Å²) in [5.41, 5.74) is 0.0130. The number of hydrogen-bond acceptors (Lipinski definition) is 4. The van der Waals surface area contributed by atoms with Gasteiger partial charge in [0.05, 0.1) is 17.6 Å². The lowest BCUT2D eigenvalue weighted by molar-refractivity contribution is -0.120. The maximum Gasteiger partial charge on any atom is 0.280 e. The van der Waals surface area contributed by atoms with E-state index >= 15 is 0 Å². The molecule has 1 aliphatic heterocycles. The van der Waals surface area contributed by atoms with Crippen molar-refractivity contribution >= 4 is 60.7 Å². The van der Waals surface area contributed by atoms with Crippen molar-refractivity contribution in [3.63, 3.8) is 0 Å². The first kappa shape index (κ1) is 16.0. The number of nitrogens with zero attached hydrogens (tertiary/aromatic N) is 1. The summed E-state index contributed by atoms with van der Waals surface area (Å²) in [4.78, 5) is 13.1. The van der Waals surface area contributed by atoms with E-state index < -0.39 is 40.4 Å². The Hall–Kier alpha value is -1.04. The van der Waals surface area contributed by atoms with Crippen LogP contribution in [0.3, 0.4) is 0 Å². The molecule has 1 aromatic carbocycles. The molecule has 26 heavy (non-hydrogen) atoms. The molecule has 2 N–H and O–H groups in total. The Kier molecular flexibility index (Phi) is 4.62. The Morgan fingerprint density at radius 1 is 1.54 bits per heavy atom. The van der Waals surface area contributed by atoms with Crippen LogP contribution < -0.4 is 10.0 Å². The molecule has 3 atom stereocenters. The van der Waals surface area contributed by atoms with Crippen LogP contribution in [-0.2, 0) is 15.0 Å². The number of amides is 1. The molecule has 0 saturated carbocycles. The van der Waals surface area contributed by atoms with E-state index in [1.165, 1.54) is 12.1 Å². The monoisotopic (exact) mass is 484 g/mol. The quantitative estimate of drug-likeness (QED) is 0.698. The van der Waals surface area contributed by atoms with Crippen molar-refractivity contribution in [2.24, 2.45) is 0 Å². The van der Waals surface area contributed by atoms with Crippen molar-refractivity contribution in [3.8, 4) is 0 Å². The lowest BCUT2D eigenvalue weighted by atomic mass is 10.1. The highest BCUT2D eigenvalue weighted by Gasteiger charge is 2.41. The summed E-state index contributed by atoms with van der Waals surface area (Å²) >= 11 is 9.91. The summed E-state index contributed by atoms with van der Waals surface area (Å²) in [7, 11) is -3.50. The summed E-state index contributed by atoms with van der Waals surface area (Å²) in [6.45, 7) is 0. The van der Waals surface area contributed by atoms with E-state index in [-0.39, 0.29) is 15.6 Å². The molecular formula is C15H14BrClFN3O3S2. The van der Waals surface area contributed by atoms with Gasteiger partial charge in [-0.15, -0.1) is 11.3 Å². The zero-order valence-electron chi connectivity index (χ0n) is 16.1. The van der Waals surface area contributed by atoms with Gasteiger partial charge in [0.1, 0.15) is 11.8 Å². The lowest BCUT2D eigenvalue weighted by Gasteiger charge is -2.35. The first-order valence-corrected chi connectivity index (χ1v) is 10.5. The molecule has 1 amide bonds. The summed E-state index contributed by atoms with van der Waals surface area (Å²) in [6.07, 6.45) is -1.88. The predicted octanol–water partition coefficient (Wildman–Crippen LogP) is 3.52. The molecule has 0 spiro atoms. The van der Waals surface area contributed by atoms with Gasteiger partial charge < -0.3 is 5.32 Å². The molecule has 2 aromatic rings. The average molecular weight is 486 g/mol. The van der Waals surface area contributed by atoms with Crippen LogP contribution in [0.15, 0.2) is 34.1 Å². The number of nitrogens with one attached hydrogen (secondary N) is 2. The van der Waals surface area contributed by atoms with E-state index in [1.54, 1.807) is 6.07 Å². The van der Waals surface area contributed by atoms with Crippen LogP contribution in [0.1, 0.15) is 21.4 Å². The fourth-order valence-electron chi connectivity index (χ4n) is 2.15. The van der Waals surface area contributed by atoms with Crippen LogP contribution in [0.25, 0.3) is 0 Å². The third-order valence-electron chi connectivity index (χ3n) is 3.47. The summed E-state index contributed by atoms with van der Waals surface area (Å²) in [6, 6.07) is 1.29. The van der Waals surface area contributed by atoms with Gasteiger partial charge in [0.15, 0.2) is 0 Å². The van der Waals surface area contributed by atoms with Crippen LogP contribution in [0.5, 0.6) is 0 Å². The molecular weight excluding hydrogens is 469 g/mol. The van der Waals surface area contributed by atoms with Gasteiger partial charge in [-0.1, -0.05) is 11.6 Å². The largest absolute Gasteiger partial charge is 0.325 e. The number of hydrogen-bond donors (Lipinski definition) is 2. The second-order valence-electron chi connectivity index (χ2n) is 5.20. The van der Waals surface area contributed by atoms with Crippen LogP contribution in [0.2, 0.25) is 5.02 Å². The van der Waals surface area contributed by atoms with Crippen molar-refractivity contribution < 1.29 is 21.7 Å². The highest BCUT2D eigenvalue weighted by Crippen LogP contribution is 2.34. The minimum Gasteiger partial charge on any atom is -0.325 e. The highest BCUT2D eigenvalue weighted by atomic mass is 79.9. The van der Waals surface area contributed by atoms with Crippen molar-refractivity contribution in [2.75, 3.05) is 12.4 Å². The lowest BCUT2D eigenvalue weighted by Crippen LogP contribution is -2.55. The van der Waals surface area contributed by atoms with Crippen LogP contribution in [0.4, 0.5) is 10.1 Å². The van der Waals surface area contributed by atoms with Gasteiger partial charge >= 0.3 is 0 Å². The number of rotatable bonds is 3. The zero-order chi connectivity index (χ0) is 21.8. The molecule has 11 heteroatoms.